The second kappa shape index (κ2) is 4.78. The number of benzene rings is 1. The molecule has 0 spiro atoms. The molecule has 1 nitrogen and oxygen atoms in total. The number of aliphatic hydroxyl groups is 1. The minimum absolute atomic E-state index is 0.00277. The molecule has 2 rings (SSSR count). The average molecular weight is 276 g/mol. The van der Waals surface area contributed by atoms with Crippen molar-refractivity contribution in [3.05, 3.63) is 35.4 Å². The molecule has 0 aliphatic carbocycles. The zero-order chi connectivity index (χ0) is 13.4. The molecule has 1 heterocycles. The molecule has 0 aromatic heterocycles. The SMILES string of the molecule is CC1SCCCC1(O)c1ccc(C(F)(F)F)cc1. The maximum absolute atomic E-state index is 12.5. The lowest BCUT2D eigenvalue weighted by atomic mass is 9.85. The van der Waals surface area contributed by atoms with E-state index in [1.54, 1.807) is 11.8 Å². The van der Waals surface area contributed by atoms with E-state index in [1.807, 2.05) is 6.92 Å². The Morgan fingerprint density at radius 3 is 2.39 bits per heavy atom. The first kappa shape index (κ1) is 13.7. The lowest BCUT2D eigenvalue weighted by molar-refractivity contribution is -0.137. The molecule has 1 aliphatic heterocycles. The van der Waals surface area contributed by atoms with Gasteiger partial charge in [0.25, 0.3) is 0 Å². The molecule has 2 unspecified atom stereocenters. The fraction of sp³-hybridized carbons (Fsp3) is 0.538. The molecule has 0 amide bonds. The molecule has 5 heteroatoms. The van der Waals surface area contributed by atoms with Gasteiger partial charge in [0.2, 0.25) is 0 Å². The van der Waals surface area contributed by atoms with E-state index in [2.05, 4.69) is 0 Å². The van der Waals surface area contributed by atoms with Crippen molar-refractivity contribution in [1.82, 2.24) is 0 Å². The summed E-state index contributed by atoms with van der Waals surface area (Å²) in [4.78, 5) is 0. The molecule has 0 bridgehead atoms. The molecule has 1 fully saturated rings. The molecule has 1 aliphatic rings. The summed E-state index contributed by atoms with van der Waals surface area (Å²) in [5.74, 6) is 0.990. The van der Waals surface area contributed by atoms with Gasteiger partial charge >= 0.3 is 6.18 Å². The van der Waals surface area contributed by atoms with E-state index in [9.17, 15) is 18.3 Å². The number of rotatable bonds is 1. The highest BCUT2D eigenvalue weighted by molar-refractivity contribution is 8.00. The van der Waals surface area contributed by atoms with Gasteiger partial charge in [0.05, 0.1) is 5.56 Å². The quantitative estimate of drug-likeness (QED) is 0.841. The van der Waals surface area contributed by atoms with Crippen molar-refractivity contribution < 1.29 is 18.3 Å². The molecular formula is C13H15F3OS. The van der Waals surface area contributed by atoms with Crippen molar-refractivity contribution >= 4 is 11.8 Å². The van der Waals surface area contributed by atoms with E-state index >= 15 is 0 Å². The molecule has 1 aromatic rings. The Bertz CT molecular complexity index is 415. The lowest BCUT2D eigenvalue weighted by Crippen LogP contribution is -2.38. The summed E-state index contributed by atoms with van der Waals surface area (Å²) >= 11 is 1.66. The second-order valence-corrected chi connectivity index (χ2v) is 6.06. The zero-order valence-electron chi connectivity index (χ0n) is 10.00. The largest absolute Gasteiger partial charge is 0.416 e. The summed E-state index contributed by atoms with van der Waals surface area (Å²) in [5, 5.41) is 10.6. The van der Waals surface area contributed by atoms with Gasteiger partial charge in [-0.25, -0.2) is 0 Å². The van der Waals surface area contributed by atoms with Crippen molar-refractivity contribution in [2.45, 2.75) is 36.8 Å². The third-order valence-corrected chi connectivity index (χ3v) is 4.87. The fourth-order valence-electron chi connectivity index (χ4n) is 2.27. The molecule has 18 heavy (non-hydrogen) atoms. The van der Waals surface area contributed by atoms with Crippen LogP contribution in [0.2, 0.25) is 0 Å². The standard InChI is InChI=1S/C13H15F3OS/c1-9-12(17,7-2-8-18-9)10-3-5-11(6-4-10)13(14,15)16/h3-6,9,17H,2,7-8H2,1H3. The normalized spacial score (nSPS) is 29.3. The van der Waals surface area contributed by atoms with Gasteiger partial charge in [-0.3, -0.25) is 0 Å². The van der Waals surface area contributed by atoms with E-state index in [-0.39, 0.29) is 5.25 Å². The van der Waals surface area contributed by atoms with Crippen LogP contribution in [0.5, 0.6) is 0 Å². The predicted octanol–water partition coefficient (Wildman–Crippen LogP) is 3.81. The van der Waals surface area contributed by atoms with Gasteiger partial charge in [-0.15, -0.1) is 0 Å². The van der Waals surface area contributed by atoms with Crippen LogP contribution in [-0.2, 0) is 11.8 Å². The Morgan fingerprint density at radius 1 is 1.28 bits per heavy atom. The van der Waals surface area contributed by atoms with Crippen LogP contribution in [0.1, 0.15) is 30.9 Å². The van der Waals surface area contributed by atoms with Gasteiger partial charge in [0, 0.05) is 5.25 Å². The van der Waals surface area contributed by atoms with Gasteiger partial charge in [0.1, 0.15) is 5.60 Å². The molecule has 0 radical (unpaired) electrons. The molecule has 1 N–H and O–H groups in total. The minimum Gasteiger partial charge on any atom is -0.384 e. The van der Waals surface area contributed by atoms with E-state index in [1.165, 1.54) is 12.1 Å². The number of hydrogen-bond donors (Lipinski definition) is 1. The van der Waals surface area contributed by atoms with Gasteiger partial charge in [0.15, 0.2) is 0 Å². The molecule has 100 valence electrons. The maximum atomic E-state index is 12.5. The Kier molecular flexibility index (Phi) is 3.65. The summed E-state index contributed by atoms with van der Waals surface area (Å²) in [5.41, 5.74) is -1.10. The monoisotopic (exact) mass is 276 g/mol. The van der Waals surface area contributed by atoms with Crippen molar-refractivity contribution in [3.63, 3.8) is 0 Å². The summed E-state index contributed by atoms with van der Waals surface area (Å²) in [6.45, 7) is 1.92. The summed E-state index contributed by atoms with van der Waals surface area (Å²) in [6.07, 6.45) is -2.84. The smallest absolute Gasteiger partial charge is 0.384 e. The maximum Gasteiger partial charge on any atom is 0.416 e. The van der Waals surface area contributed by atoms with Crippen LogP contribution >= 0.6 is 11.8 Å². The van der Waals surface area contributed by atoms with Gasteiger partial charge < -0.3 is 5.11 Å². The minimum atomic E-state index is -4.33. The highest BCUT2D eigenvalue weighted by Crippen LogP contribution is 2.42. The average Bonchev–Trinajstić information content (AvgIpc) is 2.32. The van der Waals surface area contributed by atoms with Crippen LogP contribution in [0, 0.1) is 0 Å². The predicted molar refractivity (Wildman–Crippen MR) is 66.5 cm³/mol. The first-order chi connectivity index (χ1) is 8.34. The van der Waals surface area contributed by atoms with Crippen LogP contribution in [-0.4, -0.2) is 16.1 Å². The summed E-state index contributed by atoms with van der Waals surface area (Å²) in [6, 6.07) is 4.87. The van der Waals surface area contributed by atoms with Crippen LogP contribution in [0.4, 0.5) is 13.2 Å². The molecule has 1 aromatic carbocycles. The van der Waals surface area contributed by atoms with Gasteiger partial charge in [-0.1, -0.05) is 19.1 Å². The topological polar surface area (TPSA) is 20.2 Å². The number of thioether (sulfide) groups is 1. The first-order valence-electron chi connectivity index (χ1n) is 5.86. The second-order valence-electron chi connectivity index (χ2n) is 4.62. The van der Waals surface area contributed by atoms with E-state index < -0.39 is 17.3 Å². The van der Waals surface area contributed by atoms with Crippen LogP contribution in [0.3, 0.4) is 0 Å². The van der Waals surface area contributed by atoms with Crippen molar-refractivity contribution in [1.29, 1.82) is 0 Å². The molecule has 1 saturated heterocycles. The Balaban J connectivity index is 2.28. The molecule has 0 saturated carbocycles. The summed E-state index contributed by atoms with van der Waals surface area (Å²) in [7, 11) is 0. The van der Waals surface area contributed by atoms with E-state index in [0.29, 0.717) is 12.0 Å². The lowest BCUT2D eigenvalue weighted by Gasteiger charge is -2.38. The fourth-order valence-corrected chi connectivity index (χ4v) is 3.46. The van der Waals surface area contributed by atoms with Gasteiger partial charge in [-0.2, -0.15) is 24.9 Å². The van der Waals surface area contributed by atoms with E-state index in [4.69, 9.17) is 0 Å². The number of hydrogen-bond acceptors (Lipinski definition) is 2. The highest BCUT2D eigenvalue weighted by Gasteiger charge is 2.39. The number of halogens is 3. The Morgan fingerprint density at radius 2 is 1.89 bits per heavy atom. The van der Waals surface area contributed by atoms with Gasteiger partial charge in [-0.05, 0) is 36.3 Å². The zero-order valence-corrected chi connectivity index (χ0v) is 10.8. The first-order valence-corrected chi connectivity index (χ1v) is 6.90. The van der Waals surface area contributed by atoms with Crippen molar-refractivity contribution in [2.24, 2.45) is 0 Å². The summed E-state index contributed by atoms with van der Waals surface area (Å²) < 4.78 is 37.4. The van der Waals surface area contributed by atoms with Crippen LogP contribution < -0.4 is 0 Å². The van der Waals surface area contributed by atoms with Crippen molar-refractivity contribution in [3.8, 4) is 0 Å². The van der Waals surface area contributed by atoms with Crippen LogP contribution in [0.25, 0.3) is 0 Å². The third kappa shape index (κ3) is 2.52. The Hall–Kier alpha value is -0.680. The molecular weight excluding hydrogens is 261 g/mol. The Labute approximate surface area is 108 Å². The third-order valence-electron chi connectivity index (χ3n) is 3.45. The van der Waals surface area contributed by atoms with E-state index in [0.717, 1.165) is 24.3 Å². The van der Waals surface area contributed by atoms with Crippen molar-refractivity contribution in [2.75, 3.05) is 5.75 Å². The molecule has 2 atom stereocenters. The highest BCUT2D eigenvalue weighted by atomic mass is 32.2. The van der Waals surface area contributed by atoms with Crippen LogP contribution in [0.15, 0.2) is 24.3 Å². The number of alkyl halides is 3.